The normalized spacial score (nSPS) is 12.6. The lowest BCUT2D eigenvalue weighted by Gasteiger charge is -2.17. The Morgan fingerprint density at radius 1 is 1.07 bits per heavy atom. The Hall–Kier alpha value is -3.18. The Labute approximate surface area is 155 Å². The molecule has 0 saturated heterocycles. The second kappa shape index (κ2) is 10.7. The van der Waals surface area contributed by atoms with Crippen LogP contribution in [0.3, 0.4) is 0 Å². The molecule has 0 saturated carbocycles. The van der Waals surface area contributed by atoms with Crippen LogP contribution in [0.4, 0.5) is 0 Å². The van der Waals surface area contributed by atoms with E-state index in [1.165, 1.54) is 12.1 Å². The van der Waals surface area contributed by atoms with E-state index in [1.807, 2.05) is 0 Å². The maximum absolute atomic E-state index is 11.9. The van der Waals surface area contributed by atoms with Gasteiger partial charge in [0.1, 0.15) is 18.3 Å². The molecule has 0 fully saturated rings. The van der Waals surface area contributed by atoms with Crippen molar-refractivity contribution in [1.82, 2.24) is 16.0 Å². The number of primary amides is 1. The van der Waals surface area contributed by atoms with Gasteiger partial charge in [0.15, 0.2) is 0 Å². The number of amides is 3. The first-order valence-corrected chi connectivity index (χ1v) is 8.01. The lowest BCUT2D eigenvalue weighted by molar-refractivity contribution is -0.138. The molecular formula is C16H23N5O6. The highest BCUT2D eigenvalue weighted by Crippen LogP contribution is 2.11. The van der Waals surface area contributed by atoms with Crippen LogP contribution in [0, 0.1) is 0 Å². The van der Waals surface area contributed by atoms with E-state index in [9.17, 15) is 24.3 Å². The number of hydrogen-bond acceptors (Lipinski definition) is 7. The summed E-state index contributed by atoms with van der Waals surface area (Å²) in [6.07, 6.45) is 0.151. The number of phenols is 1. The minimum Gasteiger partial charge on any atom is -0.508 e. The third-order valence-corrected chi connectivity index (χ3v) is 3.46. The van der Waals surface area contributed by atoms with Gasteiger partial charge >= 0.3 is 5.97 Å². The zero-order valence-electron chi connectivity index (χ0n) is 14.5. The van der Waals surface area contributed by atoms with Gasteiger partial charge in [-0.2, -0.15) is 0 Å². The molecule has 0 bridgehead atoms. The van der Waals surface area contributed by atoms with E-state index in [0.29, 0.717) is 5.56 Å². The van der Waals surface area contributed by atoms with Crippen LogP contribution < -0.4 is 27.4 Å². The summed E-state index contributed by atoms with van der Waals surface area (Å²) >= 11 is 0. The van der Waals surface area contributed by atoms with Gasteiger partial charge in [-0.25, -0.2) is 0 Å². The van der Waals surface area contributed by atoms with Crippen LogP contribution in [0.1, 0.15) is 5.56 Å². The van der Waals surface area contributed by atoms with Crippen molar-refractivity contribution in [3.63, 3.8) is 0 Å². The zero-order chi connectivity index (χ0) is 20.4. The average molecular weight is 381 g/mol. The smallest absolute Gasteiger partial charge is 0.322 e. The maximum Gasteiger partial charge on any atom is 0.322 e. The number of nitrogens with one attached hydrogen (secondary N) is 3. The van der Waals surface area contributed by atoms with Crippen molar-refractivity contribution >= 4 is 23.7 Å². The number of aromatic hydroxyl groups is 1. The van der Waals surface area contributed by atoms with Crippen LogP contribution in [-0.2, 0) is 25.6 Å². The molecule has 0 aliphatic heterocycles. The fourth-order valence-corrected chi connectivity index (χ4v) is 2.06. The largest absolute Gasteiger partial charge is 0.508 e. The number of aliphatic carboxylic acids is 1. The summed E-state index contributed by atoms with van der Waals surface area (Å²) in [5, 5.41) is 24.9. The molecule has 0 aliphatic rings. The number of hydrogen-bond donors (Lipinski definition) is 7. The summed E-state index contributed by atoms with van der Waals surface area (Å²) in [7, 11) is 0. The van der Waals surface area contributed by atoms with Gasteiger partial charge < -0.3 is 37.6 Å². The van der Waals surface area contributed by atoms with Gasteiger partial charge in [-0.1, -0.05) is 12.1 Å². The lowest BCUT2D eigenvalue weighted by atomic mass is 10.1. The Morgan fingerprint density at radius 3 is 2.26 bits per heavy atom. The predicted molar refractivity (Wildman–Crippen MR) is 94.4 cm³/mol. The molecule has 0 radical (unpaired) electrons. The molecule has 1 rings (SSSR count). The third kappa shape index (κ3) is 8.65. The van der Waals surface area contributed by atoms with Crippen LogP contribution in [0.2, 0.25) is 0 Å². The molecule has 0 spiro atoms. The number of nitrogens with two attached hydrogens (primary N) is 2. The van der Waals surface area contributed by atoms with Crippen molar-refractivity contribution in [2.24, 2.45) is 11.5 Å². The number of carbonyl (C=O) groups excluding carboxylic acids is 3. The van der Waals surface area contributed by atoms with E-state index in [4.69, 9.17) is 16.6 Å². The van der Waals surface area contributed by atoms with Crippen molar-refractivity contribution in [2.45, 2.75) is 18.5 Å². The van der Waals surface area contributed by atoms with E-state index in [0.717, 1.165) is 0 Å². The van der Waals surface area contributed by atoms with Crippen LogP contribution in [-0.4, -0.2) is 65.6 Å². The zero-order valence-corrected chi connectivity index (χ0v) is 14.5. The minimum atomic E-state index is -1.20. The van der Waals surface area contributed by atoms with Gasteiger partial charge in [0.2, 0.25) is 17.7 Å². The van der Waals surface area contributed by atoms with Gasteiger partial charge in [0.25, 0.3) is 0 Å². The SMILES string of the molecule is NC(=O)C(Cc1ccc(O)cc1)NC(=O)CNCC(N)C(=O)NCC(=O)O. The number of carbonyl (C=O) groups is 4. The van der Waals surface area contributed by atoms with Crippen molar-refractivity contribution in [1.29, 1.82) is 0 Å². The lowest BCUT2D eigenvalue weighted by Crippen LogP contribution is -2.51. The number of carboxylic acid groups (broad SMARTS) is 1. The molecular weight excluding hydrogens is 358 g/mol. The molecule has 0 aliphatic carbocycles. The molecule has 11 heteroatoms. The summed E-state index contributed by atoms with van der Waals surface area (Å²) in [6.45, 7) is -0.845. The number of rotatable bonds is 11. The summed E-state index contributed by atoms with van der Waals surface area (Å²) in [4.78, 5) is 45.3. The van der Waals surface area contributed by atoms with E-state index in [-0.39, 0.29) is 25.3 Å². The van der Waals surface area contributed by atoms with Gasteiger partial charge in [-0.15, -0.1) is 0 Å². The fraction of sp³-hybridized carbons (Fsp3) is 0.375. The molecule has 0 aromatic heterocycles. The van der Waals surface area contributed by atoms with E-state index in [2.05, 4.69) is 16.0 Å². The molecule has 1 aromatic rings. The Bertz CT molecular complexity index is 678. The third-order valence-electron chi connectivity index (χ3n) is 3.46. The molecule has 2 unspecified atom stereocenters. The van der Waals surface area contributed by atoms with Crippen LogP contribution in [0.15, 0.2) is 24.3 Å². The first kappa shape index (κ1) is 21.9. The van der Waals surface area contributed by atoms with Gasteiger partial charge in [-0.3, -0.25) is 19.2 Å². The second-order valence-corrected chi connectivity index (χ2v) is 5.74. The van der Waals surface area contributed by atoms with Crippen molar-refractivity contribution in [3.8, 4) is 5.75 Å². The summed E-state index contributed by atoms with van der Waals surface area (Å²) in [5.41, 5.74) is 11.5. The first-order chi connectivity index (χ1) is 12.7. The van der Waals surface area contributed by atoms with Gasteiger partial charge in [0, 0.05) is 13.0 Å². The van der Waals surface area contributed by atoms with Crippen LogP contribution >= 0.6 is 0 Å². The standard InChI is InChI=1S/C16H23N5O6/c17-11(16(27)20-8-14(24)25)6-19-7-13(23)21-12(15(18)26)5-9-1-3-10(22)4-2-9/h1-4,11-12,19,22H,5-8,17H2,(H2,18,26)(H,20,27)(H,21,23)(H,24,25). The summed E-state index contributed by atoms with van der Waals surface area (Å²) in [5.74, 6) is -3.05. The van der Waals surface area contributed by atoms with Crippen molar-refractivity contribution < 1.29 is 29.4 Å². The highest BCUT2D eigenvalue weighted by molar-refractivity contribution is 5.88. The fourth-order valence-electron chi connectivity index (χ4n) is 2.06. The van der Waals surface area contributed by atoms with E-state index >= 15 is 0 Å². The Balaban J connectivity index is 2.41. The minimum absolute atomic E-state index is 0.0714. The predicted octanol–water partition coefficient (Wildman–Crippen LogP) is -2.98. The summed E-state index contributed by atoms with van der Waals surface area (Å²) < 4.78 is 0. The average Bonchev–Trinajstić information content (AvgIpc) is 2.60. The maximum atomic E-state index is 11.9. The molecule has 0 heterocycles. The van der Waals surface area contributed by atoms with Crippen molar-refractivity contribution in [3.05, 3.63) is 29.8 Å². The van der Waals surface area contributed by atoms with Crippen LogP contribution in [0.5, 0.6) is 5.75 Å². The molecule has 3 amide bonds. The molecule has 2 atom stereocenters. The number of carboxylic acids is 1. The highest BCUT2D eigenvalue weighted by atomic mass is 16.4. The highest BCUT2D eigenvalue weighted by Gasteiger charge is 2.19. The number of benzene rings is 1. The Kier molecular flexibility index (Phi) is 8.69. The van der Waals surface area contributed by atoms with Gasteiger partial charge in [0.05, 0.1) is 12.6 Å². The monoisotopic (exact) mass is 381 g/mol. The Morgan fingerprint density at radius 2 is 1.70 bits per heavy atom. The second-order valence-electron chi connectivity index (χ2n) is 5.74. The van der Waals surface area contributed by atoms with Crippen LogP contribution in [0.25, 0.3) is 0 Å². The molecule has 148 valence electrons. The van der Waals surface area contributed by atoms with Crippen molar-refractivity contribution in [2.75, 3.05) is 19.6 Å². The summed E-state index contributed by atoms with van der Waals surface area (Å²) in [6, 6.07) is 4.12. The quantitative estimate of drug-likeness (QED) is 0.211. The van der Waals surface area contributed by atoms with Gasteiger partial charge in [-0.05, 0) is 17.7 Å². The topological polar surface area (TPSA) is 197 Å². The molecule has 1 aromatic carbocycles. The van der Waals surface area contributed by atoms with E-state index in [1.54, 1.807) is 12.1 Å². The first-order valence-electron chi connectivity index (χ1n) is 8.01. The molecule has 27 heavy (non-hydrogen) atoms. The van der Waals surface area contributed by atoms with E-state index < -0.39 is 42.3 Å². The molecule has 11 nitrogen and oxygen atoms in total. The number of phenolic OH excluding ortho intramolecular Hbond substituents is 1. The molecule has 9 N–H and O–H groups in total.